The summed E-state index contributed by atoms with van der Waals surface area (Å²) in [5.74, 6) is -1.05. The summed E-state index contributed by atoms with van der Waals surface area (Å²) >= 11 is 0. The zero-order valence-electron chi connectivity index (χ0n) is 18.7. The van der Waals surface area contributed by atoms with Gasteiger partial charge in [-0.3, -0.25) is 4.79 Å². The molecule has 3 rings (SSSR count). The highest BCUT2D eigenvalue weighted by Crippen LogP contribution is 2.15. The van der Waals surface area contributed by atoms with Gasteiger partial charge in [0.15, 0.2) is 15.9 Å². The minimum absolute atomic E-state index is 0.106. The first-order valence-corrected chi connectivity index (χ1v) is 12.6. The fraction of sp³-hybridized carbons (Fsp3) is 0.231. The van der Waals surface area contributed by atoms with Crippen molar-refractivity contribution in [3.8, 4) is 0 Å². The molecule has 0 saturated carbocycles. The van der Waals surface area contributed by atoms with Crippen molar-refractivity contribution in [1.29, 1.82) is 0 Å². The van der Waals surface area contributed by atoms with Crippen molar-refractivity contribution in [3.63, 3.8) is 0 Å². The van der Waals surface area contributed by atoms with Gasteiger partial charge in [0.25, 0.3) is 5.91 Å². The number of carbonyl (C=O) groups is 2. The maximum absolute atomic E-state index is 13.2. The van der Waals surface area contributed by atoms with Gasteiger partial charge in [-0.25, -0.2) is 13.2 Å². The van der Waals surface area contributed by atoms with Gasteiger partial charge in [0, 0.05) is 19.3 Å². The molecule has 1 unspecified atom stereocenters. The number of hydrogen-bond acceptors (Lipinski definition) is 5. The summed E-state index contributed by atoms with van der Waals surface area (Å²) in [5.41, 5.74) is 2.78. The van der Waals surface area contributed by atoms with E-state index in [0.717, 1.165) is 17.4 Å². The van der Waals surface area contributed by atoms with Crippen molar-refractivity contribution < 1.29 is 22.7 Å². The van der Waals surface area contributed by atoms with Gasteiger partial charge < -0.3 is 9.64 Å². The second-order valence-electron chi connectivity index (χ2n) is 7.98. The molecule has 1 atom stereocenters. The first kappa shape index (κ1) is 24.2. The molecule has 0 N–H and O–H groups in total. The average molecular weight is 466 g/mol. The SMILES string of the molecule is CC(OC(=O)c1ccc(CS(C)(=O)=O)cc1)C(=O)N(Cc1ccccc1)Cc1ccccc1. The highest BCUT2D eigenvalue weighted by Gasteiger charge is 2.25. The monoisotopic (exact) mass is 465 g/mol. The molecule has 0 aliphatic rings. The Bertz CT molecular complexity index is 1130. The van der Waals surface area contributed by atoms with Crippen molar-refractivity contribution in [3.05, 3.63) is 107 Å². The van der Waals surface area contributed by atoms with Crippen molar-refractivity contribution in [2.24, 2.45) is 0 Å². The Morgan fingerprint density at radius 2 is 1.27 bits per heavy atom. The van der Waals surface area contributed by atoms with Crippen LogP contribution in [0.3, 0.4) is 0 Å². The van der Waals surface area contributed by atoms with E-state index in [4.69, 9.17) is 4.74 Å². The molecule has 0 bridgehead atoms. The smallest absolute Gasteiger partial charge is 0.338 e. The number of ether oxygens (including phenoxy) is 1. The first-order chi connectivity index (χ1) is 15.7. The standard InChI is InChI=1S/C26H27NO5S/c1-20(32-26(29)24-15-13-23(14-16-24)19-33(2,30)31)25(28)27(17-21-9-5-3-6-10-21)18-22-11-7-4-8-12-22/h3-16,20H,17-19H2,1-2H3. The molecule has 7 heteroatoms. The summed E-state index contributed by atoms with van der Waals surface area (Å²) in [5, 5.41) is 0. The molecule has 0 aliphatic heterocycles. The van der Waals surface area contributed by atoms with Crippen LogP contribution in [0.15, 0.2) is 84.9 Å². The topological polar surface area (TPSA) is 80.8 Å². The number of hydrogen-bond donors (Lipinski definition) is 0. The van der Waals surface area contributed by atoms with Crippen molar-refractivity contribution in [1.82, 2.24) is 4.90 Å². The highest BCUT2D eigenvalue weighted by molar-refractivity contribution is 7.89. The number of nitrogens with zero attached hydrogens (tertiary/aromatic N) is 1. The number of rotatable bonds is 9. The lowest BCUT2D eigenvalue weighted by atomic mass is 10.1. The molecule has 0 saturated heterocycles. The van der Waals surface area contributed by atoms with E-state index in [1.807, 2.05) is 60.7 Å². The van der Waals surface area contributed by atoms with Crippen molar-refractivity contribution in [2.75, 3.05) is 6.26 Å². The molecular formula is C26H27NO5S. The fourth-order valence-corrected chi connectivity index (χ4v) is 4.19. The number of amides is 1. The van der Waals surface area contributed by atoms with Crippen LogP contribution in [0.4, 0.5) is 0 Å². The zero-order chi connectivity index (χ0) is 23.8. The van der Waals surface area contributed by atoms with Crippen LogP contribution in [-0.4, -0.2) is 37.6 Å². The van der Waals surface area contributed by atoms with Crippen LogP contribution < -0.4 is 0 Å². The number of esters is 1. The Morgan fingerprint density at radius 1 is 0.788 bits per heavy atom. The van der Waals surface area contributed by atoms with E-state index in [1.165, 1.54) is 12.1 Å². The van der Waals surface area contributed by atoms with E-state index < -0.39 is 21.9 Å². The third-order valence-corrected chi connectivity index (χ3v) is 5.85. The summed E-state index contributed by atoms with van der Waals surface area (Å²) in [6.07, 6.45) is 0.166. The second kappa shape index (κ2) is 10.9. The average Bonchev–Trinajstić information content (AvgIpc) is 2.79. The third kappa shape index (κ3) is 7.57. The Kier molecular flexibility index (Phi) is 8.01. The van der Waals surface area contributed by atoms with Gasteiger partial charge in [0.05, 0.1) is 11.3 Å². The zero-order valence-corrected chi connectivity index (χ0v) is 19.5. The van der Waals surface area contributed by atoms with Gasteiger partial charge in [-0.1, -0.05) is 72.8 Å². The third-order valence-electron chi connectivity index (χ3n) is 4.99. The van der Waals surface area contributed by atoms with E-state index in [2.05, 4.69) is 0 Å². The molecule has 0 radical (unpaired) electrons. The summed E-state index contributed by atoms with van der Waals surface area (Å²) in [7, 11) is -3.17. The molecule has 1 amide bonds. The molecule has 0 fully saturated rings. The summed E-state index contributed by atoms with van der Waals surface area (Å²) in [6, 6.07) is 25.4. The van der Waals surface area contributed by atoms with Gasteiger partial charge in [-0.05, 0) is 35.7 Å². The molecule has 0 aliphatic carbocycles. The minimum atomic E-state index is -3.17. The normalized spacial score (nSPS) is 12.1. The van der Waals surface area contributed by atoms with Crippen LogP contribution in [0, 0.1) is 0 Å². The van der Waals surface area contributed by atoms with Crippen LogP contribution in [0.1, 0.15) is 34.0 Å². The van der Waals surface area contributed by atoms with Gasteiger partial charge >= 0.3 is 5.97 Å². The molecule has 0 heterocycles. The maximum Gasteiger partial charge on any atom is 0.338 e. The summed E-state index contributed by atoms with van der Waals surface area (Å²) in [6.45, 7) is 2.33. The second-order valence-corrected chi connectivity index (χ2v) is 10.1. The lowest BCUT2D eigenvalue weighted by molar-refractivity contribution is -0.141. The predicted octanol–water partition coefficient (Wildman–Crippen LogP) is 4.01. The van der Waals surface area contributed by atoms with Gasteiger partial charge in [0.1, 0.15) is 0 Å². The van der Waals surface area contributed by atoms with Crippen molar-refractivity contribution in [2.45, 2.75) is 31.9 Å². The lowest BCUT2D eigenvalue weighted by Gasteiger charge is -2.26. The van der Waals surface area contributed by atoms with Crippen LogP contribution in [0.2, 0.25) is 0 Å². The Hall–Kier alpha value is -3.45. The molecular weight excluding hydrogens is 438 g/mol. The van der Waals surface area contributed by atoms with Gasteiger partial charge in [-0.15, -0.1) is 0 Å². The molecule has 0 spiro atoms. The minimum Gasteiger partial charge on any atom is -0.449 e. The Morgan fingerprint density at radius 3 is 1.73 bits per heavy atom. The molecule has 33 heavy (non-hydrogen) atoms. The Balaban J connectivity index is 1.70. The fourth-order valence-electron chi connectivity index (χ4n) is 3.40. The lowest BCUT2D eigenvalue weighted by Crippen LogP contribution is -2.39. The van der Waals surface area contributed by atoms with Crippen molar-refractivity contribution >= 4 is 21.7 Å². The van der Waals surface area contributed by atoms with Crippen LogP contribution in [-0.2, 0) is 38.2 Å². The molecule has 6 nitrogen and oxygen atoms in total. The van der Waals surface area contributed by atoms with E-state index >= 15 is 0 Å². The van der Waals surface area contributed by atoms with Crippen LogP contribution >= 0.6 is 0 Å². The van der Waals surface area contributed by atoms with E-state index in [9.17, 15) is 18.0 Å². The summed E-state index contributed by atoms with van der Waals surface area (Å²) < 4.78 is 28.3. The predicted molar refractivity (Wildman–Crippen MR) is 127 cm³/mol. The summed E-state index contributed by atoms with van der Waals surface area (Å²) in [4.78, 5) is 27.5. The van der Waals surface area contributed by atoms with E-state index in [0.29, 0.717) is 18.7 Å². The molecule has 3 aromatic carbocycles. The largest absolute Gasteiger partial charge is 0.449 e. The maximum atomic E-state index is 13.2. The van der Waals surface area contributed by atoms with Crippen LogP contribution in [0.5, 0.6) is 0 Å². The quantitative estimate of drug-likeness (QED) is 0.446. The molecule has 0 aromatic heterocycles. The number of benzene rings is 3. The Labute approximate surface area is 194 Å². The van der Waals surface area contributed by atoms with E-state index in [-0.39, 0.29) is 17.2 Å². The first-order valence-electron chi connectivity index (χ1n) is 10.6. The van der Waals surface area contributed by atoms with Gasteiger partial charge in [0.2, 0.25) is 0 Å². The number of sulfone groups is 1. The number of carbonyl (C=O) groups excluding carboxylic acids is 2. The van der Waals surface area contributed by atoms with E-state index in [1.54, 1.807) is 24.0 Å². The molecule has 172 valence electrons. The highest BCUT2D eigenvalue weighted by atomic mass is 32.2. The molecule has 3 aromatic rings. The van der Waals surface area contributed by atoms with Gasteiger partial charge in [-0.2, -0.15) is 0 Å². The van der Waals surface area contributed by atoms with Crippen LogP contribution in [0.25, 0.3) is 0 Å².